The lowest BCUT2D eigenvalue weighted by Gasteiger charge is -2.08. The zero-order valence-corrected chi connectivity index (χ0v) is 11.1. The van der Waals surface area contributed by atoms with Gasteiger partial charge in [-0.25, -0.2) is 0 Å². The predicted octanol–water partition coefficient (Wildman–Crippen LogP) is 3.98. The number of aryl methyl sites for hydroxylation is 1. The number of aromatic nitrogens is 1. The molecule has 0 fully saturated rings. The third-order valence-corrected chi connectivity index (χ3v) is 3.09. The molecule has 1 aromatic carbocycles. The molecule has 0 spiro atoms. The first-order valence-electron chi connectivity index (χ1n) is 5.78. The van der Waals surface area contributed by atoms with E-state index in [2.05, 4.69) is 31.5 Å². The van der Waals surface area contributed by atoms with Gasteiger partial charge in [0, 0.05) is 29.2 Å². The third-order valence-electron chi connectivity index (χ3n) is 2.87. The van der Waals surface area contributed by atoms with Crippen LogP contribution in [0.25, 0.3) is 10.9 Å². The predicted molar refractivity (Wildman–Crippen MR) is 71.7 cm³/mol. The second-order valence-electron chi connectivity index (χ2n) is 4.86. The number of carbonyl (C=O) groups excluding carboxylic acids is 1. The Morgan fingerprint density at radius 3 is 2.71 bits per heavy atom. The number of rotatable bonds is 3. The highest BCUT2D eigenvalue weighted by atomic mass is 35.5. The number of fused-ring (bicyclic) bond motifs is 1. The Kier molecular flexibility index (Phi) is 3.25. The van der Waals surface area contributed by atoms with E-state index in [-0.39, 0.29) is 0 Å². The normalized spacial score (nSPS) is 11.4. The fourth-order valence-electron chi connectivity index (χ4n) is 2.14. The fraction of sp³-hybridized carbons (Fsp3) is 0.357. The van der Waals surface area contributed by atoms with Crippen LogP contribution in [0.15, 0.2) is 24.4 Å². The van der Waals surface area contributed by atoms with Crippen LogP contribution in [0.2, 0.25) is 0 Å². The lowest BCUT2D eigenvalue weighted by Crippen LogP contribution is -2.03. The average Bonchev–Trinajstić information content (AvgIpc) is 2.54. The van der Waals surface area contributed by atoms with Crippen LogP contribution in [0.4, 0.5) is 0 Å². The van der Waals surface area contributed by atoms with E-state index >= 15 is 0 Å². The van der Waals surface area contributed by atoms with Gasteiger partial charge in [-0.1, -0.05) is 19.9 Å². The molecule has 0 aliphatic heterocycles. The van der Waals surface area contributed by atoms with Crippen molar-refractivity contribution >= 4 is 27.7 Å². The SMILES string of the molecule is Cc1cn(CC(C)C)c2cc(C(=O)Cl)ccc12. The summed E-state index contributed by atoms with van der Waals surface area (Å²) in [5.74, 6) is 0.570. The van der Waals surface area contributed by atoms with Crippen LogP contribution < -0.4 is 0 Å². The third kappa shape index (κ3) is 2.37. The Hall–Kier alpha value is -1.28. The summed E-state index contributed by atoms with van der Waals surface area (Å²) in [5, 5.41) is 0.786. The van der Waals surface area contributed by atoms with Crippen molar-refractivity contribution < 1.29 is 4.79 Å². The number of hydrogen-bond donors (Lipinski definition) is 0. The van der Waals surface area contributed by atoms with Crippen LogP contribution in [0.1, 0.15) is 29.8 Å². The van der Waals surface area contributed by atoms with Gasteiger partial charge in [-0.3, -0.25) is 4.79 Å². The van der Waals surface area contributed by atoms with Gasteiger partial charge >= 0.3 is 0 Å². The molecule has 0 atom stereocenters. The van der Waals surface area contributed by atoms with Gasteiger partial charge in [0.25, 0.3) is 5.24 Å². The first-order chi connectivity index (χ1) is 7.99. The molecule has 2 nitrogen and oxygen atoms in total. The van der Waals surface area contributed by atoms with E-state index in [0.29, 0.717) is 11.5 Å². The maximum Gasteiger partial charge on any atom is 0.252 e. The number of hydrogen-bond acceptors (Lipinski definition) is 1. The van der Waals surface area contributed by atoms with Crippen LogP contribution in [0, 0.1) is 12.8 Å². The van der Waals surface area contributed by atoms with Crippen molar-refractivity contribution in [2.75, 3.05) is 0 Å². The highest BCUT2D eigenvalue weighted by molar-refractivity contribution is 6.67. The summed E-state index contributed by atoms with van der Waals surface area (Å²) in [4.78, 5) is 11.2. The zero-order chi connectivity index (χ0) is 12.6. The van der Waals surface area contributed by atoms with E-state index < -0.39 is 5.24 Å². The molecule has 0 N–H and O–H groups in total. The van der Waals surface area contributed by atoms with Crippen molar-refractivity contribution in [2.24, 2.45) is 5.92 Å². The number of benzene rings is 1. The minimum Gasteiger partial charge on any atom is -0.347 e. The molecule has 0 saturated heterocycles. The molecule has 17 heavy (non-hydrogen) atoms. The van der Waals surface area contributed by atoms with Gasteiger partial charge in [-0.05, 0) is 42.1 Å². The van der Waals surface area contributed by atoms with Crippen molar-refractivity contribution in [1.82, 2.24) is 4.57 Å². The van der Waals surface area contributed by atoms with Gasteiger partial charge in [-0.15, -0.1) is 0 Å². The van der Waals surface area contributed by atoms with Gasteiger partial charge in [-0.2, -0.15) is 0 Å². The molecule has 3 heteroatoms. The Labute approximate surface area is 106 Å². The summed E-state index contributed by atoms with van der Waals surface area (Å²) in [5.41, 5.74) is 2.87. The van der Waals surface area contributed by atoms with Crippen molar-refractivity contribution in [3.63, 3.8) is 0 Å². The van der Waals surface area contributed by atoms with E-state index in [1.165, 1.54) is 10.9 Å². The molecule has 1 heterocycles. The molecule has 0 amide bonds. The summed E-state index contributed by atoms with van der Waals surface area (Å²) in [6, 6.07) is 5.63. The highest BCUT2D eigenvalue weighted by Gasteiger charge is 2.09. The van der Waals surface area contributed by atoms with E-state index in [1.54, 1.807) is 6.07 Å². The van der Waals surface area contributed by atoms with Crippen molar-refractivity contribution in [2.45, 2.75) is 27.3 Å². The summed E-state index contributed by atoms with van der Waals surface area (Å²) < 4.78 is 2.19. The smallest absolute Gasteiger partial charge is 0.252 e. The first-order valence-corrected chi connectivity index (χ1v) is 6.16. The Morgan fingerprint density at radius 2 is 2.12 bits per heavy atom. The van der Waals surface area contributed by atoms with E-state index in [1.807, 2.05) is 12.1 Å². The van der Waals surface area contributed by atoms with Crippen LogP contribution in [0.3, 0.4) is 0 Å². The monoisotopic (exact) mass is 249 g/mol. The Morgan fingerprint density at radius 1 is 1.41 bits per heavy atom. The van der Waals surface area contributed by atoms with Crippen LogP contribution in [0.5, 0.6) is 0 Å². The van der Waals surface area contributed by atoms with Crippen LogP contribution >= 0.6 is 11.6 Å². The molecular weight excluding hydrogens is 234 g/mol. The molecule has 0 radical (unpaired) electrons. The largest absolute Gasteiger partial charge is 0.347 e. The Balaban J connectivity index is 2.60. The summed E-state index contributed by atoms with van der Waals surface area (Å²) >= 11 is 5.52. The highest BCUT2D eigenvalue weighted by Crippen LogP contribution is 2.23. The standard InChI is InChI=1S/C14H16ClNO/c1-9(2)7-16-8-10(3)12-5-4-11(14(15)17)6-13(12)16/h4-6,8-9H,7H2,1-3H3. The lowest BCUT2D eigenvalue weighted by atomic mass is 10.1. The minimum atomic E-state index is -0.401. The van der Waals surface area contributed by atoms with Gasteiger partial charge < -0.3 is 4.57 Å². The molecule has 90 valence electrons. The van der Waals surface area contributed by atoms with Gasteiger partial charge in [0.1, 0.15) is 0 Å². The second-order valence-corrected chi connectivity index (χ2v) is 5.21. The van der Waals surface area contributed by atoms with E-state index in [9.17, 15) is 4.79 Å². The molecular formula is C14H16ClNO. The molecule has 2 aromatic rings. The average molecular weight is 250 g/mol. The maximum absolute atomic E-state index is 11.2. The molecule has 0 bridgehead atoms. The molecule has 2 rings (SSSR count). The first kappa shape index (κ1) is 12.2. The molecule has 0 aliphatic rings. The fourth-order valence-corrected chi connectivity index (χ4v) is 2.26. The van der Waals surface area contributed by atoms with Gasteiger partial charge in [0.05, 0.1) is 0 Å². The Bertz CT molecular complexity index is 569. The quantitative estimate of drug-likeness (QED) is 0.754. The number of nitrogens with zero attached hydrogens (tertiary/aromatic N) is 1. The van der Waals surface area contributed by atoms with E-state index in [4.69, 9.17) is 11.6 Å². The van der Waals surface area contributed by atoms with E-state index in [0.717, 1.165) is 12.1 Å². The molecule has 0 aliphatic carbocycles. The van der Waals surface area contributed by atoms with Crippen LogP contribution in [-0.2, 0) is 6.54 Å². The molecule has 0 unspecified atom stereocenters. The number of carbonyl (C=O) groups is 1. The van der Waals surface area contributed by atoms with Crippen molar-refractivity contribution in [3.8, 4) is 0 Å². The van der Waals surface area contributed by atoms with Gasteiger partial charge in [0.15, 0.2) is 0 Å². The maximum atomic E-state index is 11.2. The summed E-state index contributed by atoms with van der Waals surface area (Å²) in [7, 11) is 0. The molecule has 1 aromatic heterocycles. The topological polar surface area (TPSA) is 22.0 Å². The summed E-state index contributed by atoms with van der Waals surface area (Å²) in [6.07, 6.45) is 2.13. The van der Waals surface area contributed by atoms with Crippen molar-refractivity contribution in [1.29, 1.82) is 0 Å². The second kappa shape index (κ2) is 4.53. The van der Waals surface area contributed by atoms with Gasteiger partial charge in [0.2, 0.25) is 0 Å². The number of halogens is 1. The zero-order valence-electron chi connectivity index (χ0n) is 10.3. The molecule has 0 saturated carbocycles. The van der Waals surface area contributed by atoms with Crippen LogP contribution in [-0.4, -0.2) is 9.81 Å². The minimum absolute atomic E-state index is 0.401. The van der Waals surface area contributed by atoms with Crippen molar-refractivity contribution in [3.05, 3.63) is 35.5 Å². The summed E-state index contributed by atoms with van der Waals surface area (Å²) in [6.45, 7) is 7.39. The lowest BCUT2D eigenvalue weighted by molar-refractivity contribution is 0.108.